The Hall–Kier alpha value is -3.36. The minimum absolute atomic E-state index is 0.0626. The molecule has 0 saturated carbocycles. The van der Waals surface area contributed by atoms with Crippen LogP contribution >= 0.6 is 11.6 Å². The van der Waals surface area contributed by atoms with Crippen LogP contribution in [0.2, 0.25) is 5.02 Å². The van der Waals surface area contributed by atoms with Crippen LogP contribution in [0.25, 0.3) is 16.6 Å². The van der Waals surface area contributed by atoms with E-state index in [1.54, 1.807) is 18.3 Å². The molecule has 3 aromatic rings. The van der Waals surface area contributed by atoms with E-state index in [9.17, 15) is 9.18 Å². The van der Waals surface area contributed by atoms with Crippen molar-refractivity contribution in [3.63, 3.8) is 0 Å². The number of ether oxygens (including phenoxy) is 1. The second-order valence-corrected chi connectivity index (χ2v) is 8.31. The topological polar surface area (TPSA) is 82.4 Å². The molecule has 1 saturated heterocycles. The van der Waals surface area contributed by atoms with E-state index in [1.807, 2.05) is 18.0 Å². The zero-order valence-electron chi connectivity index (χ0n) is 18.3. The van der Waals surface area contributed by atoms with Gasteiger partial charge < -0.3 is 9.64 Å². The SMILES string of the molecule is C=C(C(=N)c1cc(Cl)ccc1F)c1ccc2ncc(N3CCN(C)C(C(=O)OC)C3)cc2n1. The number of halogens is 2. The van der Waals surface area contributed by atoms with Crippen LogP contribution in [0.4, 0.5) is 10.1 Å². The van der Waals surface area contributed by atoms with Gasteiger partial charge in [-0.25, -0.2) is 9.37 Å². The molecule has 0 amide bonds. The molecule has 1 unspecified atom stereocenters. The monoisotopic (exact) mass is 467 g/mol. The van der Waals surface area contributed by atoms with Crippen molar-refractivity contribution in [1.82, 2.24) is 14.9 Å². The van der Waals surface area contributed by atoms with Gasteiger partial charge in [-0.1, -0.05) is 18.2 Å². The number of esters is 1. The Kier molecular flexibility index (Phi) is 6.40. The molecular formula is C24H23ClFN5O2. The number of piperazine rings is 1. The van der Waals surface area contributed by atoms with E-state index in [1.165, 1.54) is 25.3 Å². The lowest BCUT2D eigenvalue weighted by atomic mass is 10.00. The fourth-order valence-electron chi connectivity index (χ4n) is 3.82. The Labute approximate surface area is 196 Å². The third kappa shape index (κ3) is 4.58. The second kappa shape index (κ2) is 9.25. The largest absolute Gasteiger partial charge is 0.468 e. The zero-order chi connectivity index (χ0) is 23.7. The highest BCUT2D eigenvalue weighted by Gasteiger charge is 2.31. The molecule has 1 aromatic carbocycles. The normalized spacial score (nSPS) is 16.6. The standard InChI is InChI=1S/C24H23ClFN5O2/c1-14(23(27)17-10-15(25)4-5-18(17)26)19-6-7-20-21(29-19)11-16(12-28-20)31-9-8-30(2)22(13-31)24(32)33-3/h4-7,10-12,22,27H,1,8-9,13H2,2-3H3. The summed E-state index contributed by atoms with van der Waals surface area (Å²) < 4.78 is 19.2. The molecule has 4 rings (SSSR count). The van der Waals surface area contributed by atoms with Crippen LogP contribution in [0.15, 0.2) is 49.2 Å². The van der Waals surface area contributed by atoms with E-state index in [2.05, 4.69) is 21.4 Å². The molecule has 33 heavy (non-hydrogen) atoms. The van der Waals surface area contributed by atoms with Crippen molar-refractivity contribution in [1.29, 1.82) is 5.41 Å². The first-order valence-electron chi connectivity index (χ1n) is 10.3. The number of benzene rings is 1. The molecule has 1 N–H and O–H groups in total. The van der Waals surface area contributed by atoms with Crippen molar-refractivity contribution < 1.29 is 13.9 Å². The minimum atomic E-state index is -0.550. The van der Waals surface area contributed by atoms with Crippen molar-refractivity contribution in [2.75, 3.05) is 38.7 Å². The third-order valence-corrected chi connectivity index (χ3v) is 6.05. The number of nitrogens with zero attached hydrogens (tertiary/aromatic N) is 4. The first-order valence-corrected chi connectivity index (χ1v) is 10.7. The molecule has 0 bridgehead atoms. The third-order valence-electron chi connectivity index (χ3n) is 5.82. The van der Waals surface area contributed by atoms with E-state index in [0.29, 0.717) is 34.8 Å². The lowest BCUT2D eigenvalue weighted by Crippen LogP contribution is -2.55. The van der Waals surface area contributed by atoms with Crippen molar-refractivity contribution in [3.05, 3.63) is 71.3 Å². The average molecular weight is 468 g/mol. The van der Waals surface area contributed by atoms with Crippen molar-refractivity contribution >= 4 is 45.6 Å². The Balaban J connectivity index is 1.62. The van der Waals surface area contributed by atoms with E-state index in [4.69, 9.17) is 21.7 Å². The van der Waals surface area contributed by atoms with Crippen LogP contribution in [0.1, 0.15) is 11.3 Å². The quantitative estimate of drug-likeness (QED) is 0.454. The zero-order valence-corrected chi connectivity index (χ0v) is 19.1. The van der Waals surface area contributed by atoms with Gasteiger partial charge in [0.15, 0.2) is 0 Å². The van der Waals surface area contributed by atoms with Crippen LogP contribution in [-0.4, -0.2) is 66.4 Å². The van der Waals surface area contributed by atoms with E-state index in [-0.39, 0.29) is 28.9 Å². The van der Waals surface area contributed by atoms with Gasteiger partial charge >= 0.3 is 5.97 Å². The number of hydrogen-bond donors (Lipinski definition) is 1. The highest BCUT2D eigenvalue weighted by molar-refractivity contribution is 6.33. The summed E-state index contributed by atoms with van der Waals surface area (Å²) in [4.78, 5) is 25.3. The van der Waals surface area contributed by atoms with Gasteiger partial charge in [0.1, 0.15) is 11.9 Å². The Bertz CT molecular complexity index is 1260. The highest BCUT2D eigenvalue weighted by atomic mass is 35.5. The number of anilines is 1. The maximum absolute atomic E-state index is 14.2. The maximum Gasteiger partial charge on any atom is 0.324 e. The van der Waals surface area contributed by atoms with Crippen molar-refractivity contribution in [3.8, 4) is 0 Å². The molecule has 2 aromatic heterocycles. The number of carbonyl (C=O) groups is 1. The fraction of sp³-hybridized carbons (Fsp3) is 0.250. The summed E-state index contributed by atoms with van der Waals surface area (Å²) in [7, 11) is 3.28. The number of aromatic nitrogens is 2. The number of carbonyl (C=O) groups excluding carboxylic acids is 1. The summed E-state index contributed by atoms with van der Waals surface area (Å²) in [6.45, 7) is 5.85. The number of methoxy groups -OCH3 is 1. The molecule has 1 aliphatic rings. The van der Waals surface area contributed by atoms with Crippen molar-refractivity contribution in [2.45, 2.75) is 6.04 Å². The van der Waals surface area contributed by atoms with Crippen LogP contribution in [0.5, 0.6) is 0 Å². The van der Waals surface area contributed by atoms with Gasteiger partial charge in [0.05, 0.1) is 41.4 Å². The summed E-state index contributed by atoms with van der Waals surface area (Å²) in [5.74, 6) is -0.829. The number of nitrogens with one attached hydrogen (secondary N) is 1. The summed E-state index contributed by atoms with van der Waals surface area (Å²) in [5.41, 5.74) is 2.80. The molecule has 0 spiro atoms. The molecular weight excluding hydrogens is 445 g/mol. The lowest BCUT2D eigenvalue weighted by molar-refractivity contribution is -0.146. The molecule has 0 aliphatic carbocycles. The smallest absolute Gasteiger partial charge is 0.324 e. The number of fused-ring (bicyclic) bond motifs is 1. The van der Waals surface area contributed by atoms with E-state index < -0.39 is 5.82 Å². The molecule has 1 aliphatic heterocycles. The molecule has 3 heterocycles. The molecule has 170 valence electrons. The molecule has 1 atom stereocenters. The first kappa shape index (κ1) is 22.8. The number of rotatable bonds is 5. The number of likely N-dealkylation sites (N-methyl/N-ethyl adjacent to an activating group) is 1. The van der Waals surface area contributed by atoms with Crippen LogP contribution < -0.4 is 4.90 Å². The number of pyridine rings is 2. The van der Waals surface area contributed by atoms with Gasteiger partial charge in [0.2, 0.25) is 0 Å². The molecule has 1 fully saturated rings. The van der Waals surface area contributed by atoms with Gasteiger partial charge in [-0.2, -0.15) is 0 Å². The molecule has 9 heteroatoms. The number of hydrogen-bond acceptors (Lipinski definition) is 7. The summed E-state index contributed by atoms with van der Waals surface area (Å²) in [6.07, 6.45) is 1.75. The van der Waals surface area contributed by atoms with Gasteiger partial charge in [0, 0.05) is 35.8 Å². The van der Waals surface area contributed by atoms with Gasteiger partial charge in [-0.3, -0.25) is 20.1 Å². The van der Waals surface area contributed by atoms with E-state index >= 15 is 0 Å². The van der Waals surface area contributed by atoms with E-state index in [0.717, 1.165) is 12.2 Å². The Morgan fingerprint density at radius 1 is 1.24 bits per heavy atom. The molecule has 7 nitrogen and oxygen atoms in total. The van der Waals surface area contributed by atoms with Crippen LogP contribution in [0, 0.1) is 11.2 Å². The summed E-state index contributed by atoms with van der Waals surface area (Å²) in [6, 6.07) is 9.07. The summed E-state index contributed by atoms with van der Waals surface area (Å²) >= 11 is 5.98. The Morgan fingerprint density at radius 2 is 2.03 bits per heavy atom. The predicted molar refractivity (Wildman–Crippen MR) is 127 cm³/mol. The fourth-order valence-corrected chi connectivity index (χ4v) is 3.99. The minimum Gasteiger partial charge on any atom is -0.468 e. The van der Waals surface area contributed by atoms with Gasteiger partial charge in [-0.15, -0.1) is 0 Å². The maximum atomic E-state index is 14.2. The van der Waals surface area contributed by atoms with Gasteiger partial charge in [-0.05, 0) is 43.4 Å². The van der Waals surface area contributed by atoms with Gasteiger partial charge in [0.25, 0.3) is 0 Å². The highest BCUT2D eigenvalue weighted by Crippen LogP contribution is 2.25. The van der Waals surface area contributed by atoms with Crippen molar-refractivity contribution in [2.24, 2.45) is 0 Å². The Morgan fingerprint density at radius 3 is 2.79 bits per heavy atom. The lowest BCUT2D eigenvalue weighted by Gasteiger charge is -2.38. The second-order valence-electron chi connectivity index (χ2n) is 7.87. The van der Waals surface area contributed by atoms with Crippen LogP contribution in [0.3, 0.4) is 0 Å². The molecule has 0 radical (unpaired) electrons. The summed E-state index contributed by atoms with van der Waals surface area (Å²) in [5, 5.41) is 8.75. The predicted octanol–water partition coefficient (Wildman–Crippen LogP) is 3.80. The average Bonchev–Trinajstić information content (AvgIpc) is 2.83. The first-order chi connectivity index (χ1) is 15.8. The number of allylic oxidation sites excluding steroid dienone is 1. The van der Waals surface area contributed by atoms with Crippen LogP contribution in [-0.2, 0) is 9.53 Å².